The number of methoxy groups -OCH3 is 1. The molecule has 0 heterocycles. The molecule has 0 aliphatic heterocycles. The number of rotatable bonds is 8. The van der Waals surface area contributed by atoms with Crippen molar-refractivity contribution in [3.8, 4) is 11.5 Å². The summed E-state index contributed by atoms with van der Waals surface area (Å²) in [6.45, 7) is 5.92. The first kappa shape index (κ1) is 21.8. The van der Waals surface area contributed by atoms with Crippen LogP contribution in [-0.2, 0) is 12.8 Å². The molecule has 0 atom stereocenters. The molecule has 0 saturated heterocycles. The van der Waals surface area contributed by atoms with Crippen LogP contribution in [0.25, 0.3) is 0 Å². The van der Waals surface area contributed by atoms with E-state index in [9.17, 15) is 15.0 Å². The monoisotopic (exact) mass is 328 g/mol. The van der Waals surface area contributed by atoms with Gasteiger partial charge in [0.1, 0.15) is 5.75 Å². The molecule has 0 aromatic heterocycles. The summed E-state index contributed by atoms with van der Waals surface area (Å²) in [4.78, 5) is 11.4. The van der Waals surface area contributed by atoms with E-state index < -0.39 is 11.7 Å². The molecule has 1 aromatic carbocycles. The summed E-state index contributed by atoms with van der Waals surface area (Å²) in [7, 11) is 1.50. The summed E-state index contributed by atoms with van der Waals surface area (Å²) in [5.41, 5.74) is 1.73. The molecule has 0 fully saturated rings. The van der Waals surface area contributed by atoms with Gasteiger partial charge in [-0.25, -0.2) is 0 Å². The van der Waals surface area contributed by atoms with Gasteiger partial charge in [-0.1, -0.05) is 37.2 Å². The fraction of sp³-hybridized carbons (Fsp3) is 0.500. The van der Waals surface area contributed by atoms with E-state index in [2.05, 4.69) is 6.92 Å². The number of carbonyl (C=O) groups excluding carboxylic acids is 1. The Labute approximate surface area is 154 Å². The number of allylic oxidation sites excluding steroid dienone is 2. The van der Waals surface area contributed by atoms with Crippen LogP contribution in [0.4, 0.5) is 0 Å². The maximum Gasteiger partial charge on any atom is 2.00 e. The van der Waals surface area contributed by atoms with Crippen LogP contribution in [0.3, 0.4) is 0 Å². The molecule has 0 amide bonds. The van der Waals surface area contributed by atoms with Crippen LogP contribution in [0.1, 0.15) is 61.5 Å². The Morgan fingerprint density at radius 2 is 1.96 bits per heavy atom. The Bertz CT molecular complexity index is 561. The molecule has 0 radical (unpaired) electrons. The first-order chi connectivity index (χ1) is 10.4. The third-order valence-corrected chi connectivity index (χ3v) is 3.61. The van der Waals surface area contributed by atoms with Crippen molar-refractivity contribution in [2.24, 2.45) is 0 Å². The van der Waals surface area contributed by atoms with Gasteiger partial charge in [-0.3, -0.25) is 0 Å². The van der Waals surface area contributed by atoms with E-state index in [1.54, 1.807) is 6.07 Å². The van der Waals surface area contributed by atoms with Crippen molar-refractivity contribution < 1.29 is 19.7 Å². The van der Waals surface area contributed by atoms with E-state index in [0.717, 1.165) is 24.8 Å². The zero-order valence-electron chi connectivity index (χ0n) is 14.5. The minimum atomic E-state index is -1.40. The average Bonchev–Trinajstić information content (AvgIpc) is 2.45. The normalized spacial score (nSPS) is 9.91. The molecule has 1 rings (SSSR count). The van der Waals surface area contributed by atoms with Gasteiger partial charge in [0.05, 0.1) is 13.1 Å². The second-order valence-corrected chi connectivity index (χ2v) is 5.65. The number of aryl methyl sites for hydroxylation is 1. The van der Waals surface area contributed by atoms with Crippen LogP contribution in [0.15, 0.2) is 17.7 Å². The number of ether oxygens (including phenoxy) is 1. The van der Waals surface area contributed by atoms with Gasteiger partial charge in [-0.15, -0.1) is 0 Å². The summed E-state index contributed by atoms with van der Waals surface area (Å²) in [5.74, 6) is -1.43. The van der Waals surface area contributed by atoms with Crippen molar-refractivity contribution in [2.45, 2.75) is 52.9 Å². The molecule has 122 valence electrons. The molecule has 0 N–H and O–H groups in total. The SMILES string of the molecule is CCCCCc1cc(OC)c(CC=C(C)C)c([O-])c1C(=O)[O-].[Mg+2]. The first-order valence-electron chi connectivity index (χ1n) is 7.66. The second kappa shape index (κ2) is 10.5. The number of hydrogen-bond acceptors (Lipinski definition) is 4. The van der Waals surface area contributed by atoms with Gasteiger partial charge in [-0.2, -0.15) is 0 Å². The van der Waals surface area contributed by atoms with Crippen molar-refractivity contribution in [3.05, 3.63) is 34.4 Å². The standard InChI is InChI=1S/C18H26O4.Mg/c1-5-6-7-8-13-11-15(22-4)14(10-9-12(2)3)17(19)16(13)18(20)21;/h9,11,19H,5-8,10H2,1-4H3,(H,20,21);/q;+2/p-2. The topological polar surface area (TPSA) is 72.4 Å². The number of aromatic carboxylic acids is 1. The smallest absolute Gasteiger partial charge is 0.872 e. The maximum atomic E-state index is 12.5. The largest absolute Gasteiger partial charge is 2.00 e. The van der Waals surface area contributed by atoms with E-state index in [0.29, 0.717) is 29.7 Å². The molecule has 5 heteroatoms. The summed E-state index contributed by atoms with van der Waals surface area (Å²) >= 11 is 0. The van der Waals surface area contributed by atoms with Crippen molar-refractivity contribution in [2.75, 3.05) is 7.11 Å². The third kappa shape index (κ3) is 6.07. The number of carboxylic acid groups (broad SMARTS) is 1. The van der Waals surface area contributed by atoms with Crippen LogP contribution in [0.5, 0.6) is 11.5 Å². The molecule has 0 spiro atoms. The van der Waals surface area contributed by atoms with Gasteiger partial charge >= 0.3 is 23.1 Å². The summed E-state index contributed by atoms with van der Waals surface area (Å²) in [6.07, 6.45) is 5.65. The van der Waals surface area contributed by atoms with Gasteiger partial charge < -0.3 is 19.7 Å². The Morgan fingerprint density at radius 1 is 1.30 bits per heavy atom. The summed E-state index contributed by atoms with van der Waals surface area (Å²) in [5, 5.41) is 23.9. The molecule has 0 saturated carbocycles. The fourth-order valence-corrected chi connectivity index (χ4v) is 2.39. The Kier molecular flexibility index (Phi) is 10.00. The second-order valence-electron chi connectivity index (χ2n) is 5.65. The number of carbonyl (C=O) groups is 1. The summed E-state index contributed by atoms with van der Waals surface area (Å²) in [6, 6.07) is 1.68. The van der Waals surface area contributed by atoms with E-state index in [-0.39, 0.29) is 28.6 Å². The zero-order chi connectivity index (χ0) is 16.7. The zero-order valence-corrected chi connectivity index (χ0v) is 15.9. The maximum absolute atomic E-state index is 12.5. The van der Waals surface area contributed by atoms with Gasteiger partial charge in [0.15, 0.2) is 0 Å². The Hall–Kier alpha value is -1.20. The van der Waals surface area contributed by atoms with Crippen LogP contribution < -0.4 is 14.9 Å². The van der Waals surface area contributed by atoms with E-state index >= 15 is 0 Å². The van der Waals surface area contributed by atoms with Crippen LogP contribution >= 0.6 is 0 Å². The number of unbranched alkanes of at least 4 members (excludes halogenated alkanes) is 2. The first-order valence-corrected chi connectivity index (χ1v) is 7.66. The number of carboxylic acids is 1. The van der Waals surface area contributed by atoms with Crippen molar-refractivity contribution in [1.29, 1.82) is 0 Å². The molecule has 23 heavy (non-hydrogen) atoms. The average molecular weight is 329 g/mol. The number of hydrogen-bond donors (Lipinski definition) is 0. The Morgan fingerprint density at radius 3 is 2.43 bits per heavy atom. The third-order valence-electron chi connectivity index (χ3n) is 3.61. The fourth-order valence-electron chi connectivity index (χ4n) is 2.39. The van der Waals surface area contributed by atoms with Gasteiger partial charge in [0.2, 0.25) is 0 Å². The Balaban J connectivity index is 0.00000484. The van der Waals surface area contributed by atoms with E-state index in [1.165, 1.54) is 7.11 Å². The molecular formula is C18H24MgO4. The molecule has 0 unspecified atom stereocenters. The van der Waals surface area contributed by atoms with E-state index in [4.69, 9.17) is 4.74 Å². The van der Waals surface area contributed by atoms with Gasteiger partial charge in [0, 0.05) is 0 Å². The number of benzene rings is 1. The summed E-state index contributed by atoms with van der Waals surface area (Å²) < 4.78 is 5.30. The van der Waals surface area contributed by atoms with Crippen molar-refractivity contribution in [3.63, 3.8) is 0 Å². The predicted octanol–water partition coefficient (Wildman–Crippen LogP) is 1.99. The molecule has 0 aliphatic carbocycles. The van der Waals surface area contributed by atoms with Gasteiger partial charge in [-0.05, 0) is 55.9 Å². The molecule has 0 bridgehead atoms. The minimum Gasteiger partial charge on any atom is -0.872 e. The molecule has 0 aliphatic rings. The minimum absolute atomic E-state index is 0. The molecule has 4 nitrogen and oxygen atoms in total. The molecular weight excluding hydrogens is 304 g/mol. The predicted molar refractivity (Wildman–Crippen MR) is 88.9 cm³/mol. The van der Waals surface area contributed by atoms with Crippen LogP contribution in [-0.4, -0.2) is 36.1 Å². The van der Waals surface area contributed by atoms with Crippen LogP contribution in [0.2, 0.25) is 0 Å². The van der Waals surface area contributed by atoms with Crippen molar-refractivity contribution >= 4 is 29.0 Å². The molecule has 1 aromatic rings. The van der Waals surface area contributed by atoms with E-state index in [1.807, 2.05) is 19.9 Å². The quantitative estimate of drug-likeness (QED) is 0.415. The van der Waals surface area contributed by atoms with Gasteiger partial charge in [0.25, 0.3) is 0 Å². The van der Waals surface area contributed by atoms with Crippen LogP contribution in [0, 0.1) is 0 Å². The van der Waals surface area contributed by atoms with Crippen molar-refractivity contribution in [1.82, 2.24) is 0 Å².